The lowest BCUT2D eigenvalue weighted by molar-refractivity contribution is 0.318. The lowest BCUT2D eigenvalue weighted by atomic mass is 10.1. The molecule has 0 heterocycles. The van der Waals surface area contributed by atoms with E-state index in [0.29, 0.717) is 10.7 Å². The minimum atomic E-state index is 0.676. The van der Waals surface area contributed by atoms with Crippen molar-refractivity contribution in [1.82, 2.24) is 4.90 Å². The van der Waals surface area contributed by atoms with Gasteiger partial charge in [0.15, 0.2) is 0 Å². The maximum atomic E-state index is 6.02. The van der Waals surface area contributed by atoms with Gasteiger partial charge in [0.1, 0.15) is 5.75 Å². The maximum Gasteiger partial charge on any atom is 0.119 e. The largest absolute Gasteiger partial charge is 0.497 e. The summed E-state index contributed by atoms with van der Waals surface area (Å²) in [5.74, 6) is 0.878. The summed E-state index contributed by atoms with van der Waals surface area (Å²) in [6.45, 7) is 1.63. The van der Waals surface area contributed by atoms with Crippen LogP contribution in [0.3, 0.4) is 0 Å². The highest BCUT2D eigenvalue weighted by Gasteiger charge is 2.04. The van der Waals surface area contributed by atoms with Crippen LogP contribution in [-0.2, 0) is 13.1 Å². The van der Waals surface area contributed by atoms with Gasteiger partial charge < -0.3 is 10.5 Å². The number of halogens is 1. The van der Waals surface area contributed by atoms with Gasteiger partial charge >= 0.3 is 0 Å². The number of ether oxygens (including phenoxy) is 1. The van der Waals surface area contributed by atoms with Gasteiger partial charge in [-0.1, -0.05) is 23.7 Å². The molecule has 0 radical (unpaired) electrons. The molecule has 0 aromatic heterocycles. The Morgan fingerprint density at radius 1 is 1.10 bits per heavy atom. The second-order valence-corrected chi connectivity index (χ2v) is 5.35. The van der Waals surface area contributed by atoms with E-state index in [4.69, 9.17) is 22.1 Å². The summed E-state index contributed by atoms with van der Waals surface area (Å²) in [5, 5.41) is 0.676. The van der Waals surface area contributed by atoms with Gasteiger partial charge in [0.05, 0.1) is 7.11 Å². The number of hydrogen-bond donors (Lipinski definition) is 1. The van der Waals surface area contributed by atoms with E-state index in [-0.39, 0.29) is 0 Å². The molecule has 0 amide bonds. The second kappa shape index (κ2) is 6.64. The third-order valence-corrected chi connectivity index (χ3v) is 3.24. The summed E-state index contributed by atoms with van der Waals surface area (Å²) < 4.78 is 5.23. The van der Waals surface area contributed by atoms with Crippen molar-refractivity contribution in [2.45, 2.75) is 13.1 Å². The van der Waals surface area contributed by atoms with E-state index in [1.165, 1.54) is 5.56 Å². The van der Waals surface area contributed by atoms with Crippen LogP contribution in [0.2, 0.25) is 5.02 Å². The summed E-state index contributed by atoms with van der Waals surface area (Å²) >= 11 is 6.02. The van der Waals surface area contributed by atoms with Crippen LogP contribution >= 0.6 is 11.6 Å². The van der Waals surface area contributed by atoms with Crippen LogP contribution in [0.5, 0.6) is 5.75 Å². The van der Waals surface area contributed by atoms with Gasteiger partial charge in [0.2, 0.25) is 0 Å². The zero-order valence-electron chi connectivity index (χ0n) is 11.8. The Kier molecular flexibility index (Phi) is 4.88. The van der Waals surface area contributed by atoms with Crippen LogP contribution in [0.1, 0.15) is 11.1 Å². The molecule has 0 bridgehead atoms. The highest BCUT2D eigenvalue weighted by Crippen LogP contribution is 2.19. The van der Waals surface area contributed by atoms with Crippen molar-refractivity contribution in [2.24, 2.45) is 0 Å². The van der Waals surface area contributed by atoms with Gasteiger partial charge in [-0.15, -0.1) is 0 Å². The lowest BCUT2D eigenvalue weighted by Crippen LogP contribution is -2.17. The minimum Gasteiger partial charge on any atom is -0.497 e. The quantitative estimate of drug-likeness (QED) is 0.856. The fraction of sp³-hybridized carbons (Fsp3) is 0.250. The minimum absolute atomic E-state index is 0.676. The van der Waals surface area contributed by atoms with Crippen molar-refractivity contribution < 1.29 is 4.74 Å². The van der Waals surface area contributed by atoms with Crippen LogP contribution < -0.4 is 10.5 Å². The SMILES string of the molecule is COc1cccc(CN(C)Cc2cc(N)cc(Cl)c2)c1. The van der Waals surface area contributed by atoms with E-state index in [9.17, 15) is 0 Å². The Morgan fingerprint density at radius 3 is 2.55 bits per heavy atom. The van der Waals surface area contributed by atoms with Crippen molar-refractivity contribution in [3.05, 3.63) is 58.6 Å². The number of rotatable bonds is 5. The van der Waals surface area contributed by atoms with Gasteiger partial charge in [-0.2, -0.15) is 0 Å². The number of nitrogens with two attached hydrogens (primary N) is 1. The molecule has 0 fully saturated rings. The average Bonchev–Trinajstić information content (AvgIpc) is 2.37. The molecular weight excluding hydrogens is 272 g/mol. The standard InChI is InChI=1S/C16H19ClN2O/c1-19(10-12-4-3-5-16(8-12)20-2)11-13-6-14(17)9-15(18)7-13/h3-9H,10-11,18H2,1-2H3. The molecule has 3 nitrogen and oxygen atoms in total. The Labute approximate surface area is 124 Å². The first-order chi connectivity index (χ1) is 9.56. The molecule has 0 aliphatic heterocycles. The highest BCUT2D eigenvalue weighted by atomic mass is 35.5. The van der Waals surface area contributed by atoms with E-state index >= 15 is 0 Å². The van der Waals surface area contributed by atoms with Gasteiger partial charge in [-0.05, 0) is 48.5 Å². The first-order valence-electron chi connectivity index (χ1n) is 6.43. The van der Waals surface area contributed by atoms with E-state index in [1.807, 2.05) is 30.3 Å². The molecule has 2 aromatic carbocycles. The van der Waals surface area contributed by atoms with Crippen molar-refractivity contribution in [3.63, 3.8) is 0 Å². The molecule has 2 rings (SSSR count). The van der Waals surface area contributed by atoms with Crippen LogP contribution in [0.25, 0.3) is 0 Å². The molecule has 2 aromatic rings. The van der Waals surface area contributed by atoms with Crippen molar-refractivity contribution in [2.75, 3.05) is 19.9 Å². The maximum absolute atomic E-state index is 6.02. The number of nitrogens with zero attached hydrogens (tertiary/aromatic N) is 1. The predicted molar refractivity (Wildman–Crippen MR) is 84.0 cm³/mol. The van der Waals surface area contributed by atoms with Crippen LogP contribution in [0.15, 0.2) is 42.5 Å². The van der Waals surface area contributed by atoms with E-state index < -0.39 is 0 Å². The van der Waals surface area contributed by atoms with Gasteiger partial charge in [0, 0.05) is 23.8 Å². The molecule has 106 valence electrons. The molecule has 0 atom stereocenters. The molecule has 20 heavy (non-hydrogen) atoms. The number of nitrogen functional groups attached to an aromatic ring is 1. The van der Waals surface area contributed by atoms with Gasteiger partial charge in [-0.3, -0.25) is 4.90 Å². The summed E-state index contributed by atoms with van der Waals surface area (Å²) in [7, 11) is 3.74. The Morgan fingerprint density at radius 2 is 1.85 bits per heavy atom. The average molecular weight is 291 g/mol. The summed E-state index contributed by atoms with van der Waals surface area (Å²) in [6.07, 6.45) is 0. The zero-order valence-corrected chi connectivity index (χ0v) is 12.5. The highest BCUT2D eigenvalue weighted by molar-refractivity contribution is 6.30. The summed E-state index contributed by atoms with van der Waals surface area (Å²) in [6, 6.07) is 13.7. The number of benzene rings is 2. The van der Waals surface area contributed by atoms with E-state index in [0.717, 1.165) is 24.4 Å². The van der Waals surface area contributed by atoms with Gasteiger partial charge in [-0.25, -0.2) is 0 Å². The number of anilines is 1. The van der Waals surface area contributed by atoms with Crippen molar-refractivity contribution in [3.8, 4) is 5.75 Å². The molecule has 4 heteroatoms. The van der Waals surface area contributed by atoms with Crippen LogP contribution in [0, 0.1) is 0 Å². The monoisotopic (exact) mass is 290 g/mol. The Hall–Kier alpha value is -1.71. The van der Waals surface area contributed by atoms with Crippen LogP contribution in [-0.4, -0.2) is 19.1 Å². The summed E-state index contributed by atoms with van der Waals surface area (Å²) in [5.41, 5.74) is 8.82. The lowest BCUT2D eigenvalue weighted by Gasteiger charge is -2.17. The molecule has 0 unspecified atom stereocenters. The number of hydrogen-bond acceptors (Lipinski definition) is 3. The Balaban J connectivity index is 2.02. The molecule has 0 saturated heterocycles. The third kappa shape index (κ3) is 4.15. The third-order valence-electron chi connectivity index (χ3n) is 3.02. The van der Waals surface area contributed by atoms with Crippen molar-refractivity contribution >= 4 is 17.3 Å². The smallest absolute Gasteiger partial charge is 0.119 e. The molecule has 0 spiro atoms. The molecule has 0 aliphatic rings. The Bertz CT molecular complexity index is 566. The predicted octanol–water partition coefficient (Wildman–Crippen LogP) is 3.56. The first-order valence-corrected chi connectivity index (χ1v) is 6.81. The normalized spacial score (nSPS) is 10.8. The van der Waals surface area contributed by atoms with Crippen LogP contribution in [0.4, 0.5) is 5.69 Å². The van der Waals surface area contributed by atoms with E-state index in [1.54, 1.807) is 13.2 Å². The molecule has 2 N–H and O–H groups in total. The van der Waals surface area contributed by atoms with Gasteiger partial charge in [0.25, 0.3) is 0 Å². The second-order valence-electron chi connectivity index (χ2n) is 4.92. The summed E-state index contributed by atoms with van der Waals surface area (Å²) in [4.78, 5) is 2.21. The zero-order chi connectivity index (χ0) is 14.5. The first kappa shape index (κ1) is 14.7. The molecular formula is C16H19ClN2O. The van der Waals surface area contributed by atoms with E-state index in [2.05, 4.69) is 18.0 Å². The number of methoxy groups -OCH3 is 1. The molecule has 0 aliphatic carbocycles. The van der Waals surface area contributed by atoms with Crippen molar-refractivity contribution in [1.29, 1.82) is 0 Å². The topological polar surface area (TPSA) is 38.5 Å². The fourth-order valence-electron chi connectivity index (χ4n) is 2.22. The molecule has 0 saturated carbocycles. The fourth-order valence-corrected chi connectivity index (χ4v) is 2.48.